The van der Waals surface area contributed by atoms with Crippen molar-refractivity contribution >= 4 is 28.7 Å². The summed E-state index contributed by atoms with van der Waals surface area (Å²) in [4.78, 5) is 37.8. The molecular weight excluding hydrogens is 410 g/mol. The van der Waals surface area contributed by atoms with E-state index in [4.69, 9.17) is 5.73 Å². The molecule has 0 heterocycles. The molecule has 0 aliphatic carbocycles. The van der Waals surface area contributed by atoms with E-state index in [-0.39, 0.29) is 16.9 Å². The fourth-order valence-electron chi connectivity index (χ4n) is 2.85. The third-order valence-corrected chi connectivity index (χ3v) is 5.93. The largest absolute Gasteiger partial charge is 0.343 e. The van der Waals surface area contributed by atoms with Crippen LogP contribution in [0.15, 0.2) is 60.7 Å². The van der Waals surface area contributed by atoms with Crippen LogP contribution in [-0.4, -0.2) is 35.1 Å². The van der Waals surface area contributed by atoms with Crippen molar-refractivity contribution in [3.05, 3.63) is 71.8 Å². The van der Waals surface area contributed by atoms with Crippen molar-refractivity contribution in [1.82, 2.24) is 10.6 Å². The van der Waals surface area contributed by atoms with Crippen LogP contribution in [0.1, 0.15) is 31.9 Å². The van der Waals surface area contributed by atoms with Crippen molar-refractivity contribution in [2.24, 2.45) is 11.7 Å². The van der Waals surface area contributed by atoms with Gasteiger partial charge in [0.25, 0.3) is 0 Å². The first-order chi connectivity index (χ1) is 14.8. The monoisotopic (exact) mass is 441 g/mol. The van der Waals surface area contributed by atoms with Crippen LogP contribution in [0.5, 0.6) is 0 Å². The predicted octanol–water partition coefficient (Wildman–Crippen LogP) is 2.66. The lowest BCUT2D eigenvalue weighted by atomic mass is 10.0. The number of hydrogen-bond donors (Lipinski definition) is 3. The third-order valence-electron chi connectivity index (χ3n) is 4.88. The first-order valence-corrected chi connectivity index (χ1v) is 11.4. The summed E-state index contributed by atoms with van der Waals surface area (Å²) in [5.41, 5.74) is 7.83. The van der Waals surface area contributed by atoms with Gasteiger partial charge in [-0.3, -0.25) is 14.4 Å². The number of carbonyl (C=O) groups is 3. The lowest BCUT2D eigenvalue weighted by molar-refractivity contribution is -0.130. The van der Waals surface area contributed by atoms with Crippen molar-refractivity contribution < 1.29 is 14.4 Å². The average Bonchev–Trinajstić information content (AvgIpc) is 2.77. The second-order valence-corrected chi connectivity index (χ2v) is 8.82. The zero-order chi connectivity index (χ0) is 22.8. The van der Waals surface area contributed by atoms with Crippen LogP contribution in [0.4, 0.5) is 0 Å². The molecule has 0 saturated carbocycles. The molecule has 7 heteroatoms. The SMILES string of the molecule is CC(C)[C@H](N)C(=O)N[C@@H](C)C(=O)N[C@@H](Cc1ccccc1)C(=O)SCc1ccccc1. The first kappa shape index (κ1) is 24.6. The Bertz CT molecular complexity index is 859. The summed E-state index contributed by atoms with van der Waals surface area (Å²) in [7, 11) is 0. The molecular formula is C24H31N3O3S. The van der Waals surface area contributed by atoms with Gasteiger partial charge in [0.1, 0.15) is 12.1 Å². The molecule has 166 valence electrons. The molecule has 0 aliphatic rings. The Labute approximate surface area is 188 Å². The molecule has 31 heavy (non-hydrogen) atoms. The van der Waals surface area contributed by atoms with Crippen molar-refractivity contribution in [1.29, 1.82) is 0 Å². The molecule has 0 radical (unpaired) electrons. The van der Waals surface area contributed by atoms with Gasteiger partial charge in [-0.15, -0.1) is 0 Å². The Hall–Kier alpha value is -2.64. The lowest BCUT2D eigenvalue weighted by Gasteiger charge is -2.22. The summed E-state index contributed by atoms with van der Waals surface area (Å²) in [6, 6.07) is 17.0. The quantitative estimate of drug-likeness (QED) is 0.526. The van der Waals surface area contributed by atoms with E-state index in [2.05, 4.69) is 10.6 Å². The maximum Gasteiger partial charge on any atom is 0.242 e. The molecule has 0 saturated heterocycles. The standard InChI is InChI=1S/C24H31N3O3S/c1-16(2)21(25)23(29)26-17(3)22(28)27-20(14-18-10-6-4-7-11-18)24(30)31-15-19-12-8-5-9-13-19/h4-13,16-17,20-21H,14-15,25H2,1-3H3,(H,26,29)(H,27,28)/t17-,20-,21-/m0/s1. The van der Waals surface area contributed by atoms with Crippen LogP contribution in [0.3, 0.4) is 0 Å². The van der Waals surface area contributed by atoms with Gasteiger partial charge in [-0.1, -0.05) is 86.3 Å². The Morgan fingerprint density at radius 3 is 1.94 bits per heavy atom. The maximum atomic E-state index is 12.9. The number of rotatable bonds is 10. The average molecular weight is 442 g/mol. The van der Waals surface area contributed by atoms with E-state index in [0.29, 0.717) is 12.2 Å². The maximum absolute atomic E-state index is 12.9. The van der Waals surface area contributed by atoms with E-state index in [1.54, 1.807) is 6.92 Å². The molecule has 4 N–H and O–H groups in total. The van der Waals surface area contributed by atoms with Crippen molar-refractivity contribution in [2.45, 2.75) is 51.1 Å². The van der Waals surface area contributed by atoms with Crippen molar-refractivity contribution in [3.63, 3.8) is 0 Å². The number of thioether (sulfide) groups is 1. The molecule has 0 aromatic heterocycles. The molecule has 2 amide bonds. The molecule has 0 spiro atoms. The topological polar surface area (TPSA) is 101 Å². The van der Waals surface area contributed by atoms with Crippen LogP contribution >= 0.6 is 11.8 Å². The van der Waals surface area contributed by atoms with Crippen LogP contribution < -0.4 is 16.4 Å². The fraction of sp³-hybridized carbons (Fsp3) is 0.375. The highest BCUT2D eigenvalue weighted by Gasteiger charge is 2.26. The normalized spacial score (nSPS) is 13.8. The van der Waals surface area contributed by atoms with Crippen LogP contribution in [0.2, 0.25) is 0 Å². The highest BCUT2D eigenvalue weighted by Crippen LogP contribution is 2.17. The van der Waals surface area contributed by atoms with Gasteiger partial charge in [0.05, 0.1) is 6.04 Å². The molecule has 2 rings (SSSR count). The Kier molecular flexibility index (Phi) is 9.75. The smallest absolute Gasteiger partial charge is 0.242 e. The summed E-state index contributed by atoms with van der Waals surface area (Å²) < 4.78 is 0. The number of nitrogens with one attached hydrogen (secondary N) is 2. The molecule has 0 fully saturated rings. The summed E-state index contributed by atoms with van der Waals surface area (Å²) >= 11 is 1.17. The lowest BCUT2D eigenvalue weighted by Crippen LogP contribution is -2.54. The molecule has 0 unspecified atom stereocenters. The second-order valence-electron chi connectivity index (χ2n) is 7.84. The van der Waals surface area contributed by atoms with E-state index in [9.17, 15) is 14.4 Å². The van der Waals surface area contributed by atoms with Gasteiger partial charge < -0.3 is 16.4 Å². The van der Waals surface area contributed by atoms with Crippen molar-refractivity contribution in [3.8, 4) is 0 Å². The molecule has 2 aromatic carbocycles. The number of carbonyl (C=O) groups excluding carboxylic acids is 3. The van der Waals surface area contributed by atoms with Gasteiger partial charge in [0.2, 0.25) is 16.9 Å². The highest BCUT2D eigenvalue weighted by atomic mass is 32.2. The summed E-state index contributed by atoms with van der Waals surface area (Å²) in [6.45, 7) is 5.27. The molecule has 3 atom stereocenters. The minimum Gasteiger partial charge on any atom is -0.343 e. The second kappa shape index (κ2) is 12.3. The minimum atomic E-state index is -0.803. The zero-order valence-electron chi connectivity index (χ0n) is 18.2. The van der Waals surface area contributed by atoms with Gasteiger partial charge in [-0.25, -0.2) is 0 Å². The van der Waals surface area contributed by atoms with E-state index in [1.807, 2.05) is 74.5 Å². The number of hydrogen-bond acceptors (Lipinski definition) is 5. The summed E-state index contributed by atoms with van der Waals surface area (Å²) in [5.74, 6) is -0.325. The summed E-state index contributed by atoms with van der Waals surface area (Å²) in [6.07, 6.45) is 0.374. The van der Waals surface area contributed by atoms with E-state index < -0.39 is 24.0 Å². The molecule has 2 aromatic rings. The van der Waals surface area contributed by atoms with Crippen molar-refractivity contribution in [2.75, 3.05) is 0 Å². The molecule has 6 nitrogen and oxygen atoms in total. The highest BCUT2D eigenvalue weighted by molar-refractivity contribution is 8.13. The number of benzene rings is 2. The molecule has 0 bridgehead atoms. The first-order valence-electron chi connectivity index (χ1n) is 10.4. The van der Waals surface area contributed by atoms with E-state index >= 15 is 0 Å². The number of nitrogens with two attached hydrogens (primary N) is 1. The zero-order valence-corrected chi connectivity index (χ0v) is 19.0. The van der Waals surface area contributed by atoms with Crippen LogP contribution in [-0.2, 0) is 26.6 Å². The van der Waals surface area contributed by atoms with Crippen LogP contribution in [0, 0.1) is 5.92 Å². The van der Waals surface area contributed by atoms with Crippen LogP contribution in [0.25, 0.3) is 0 Å². The number of amides is 2. The third kappa shape index (κ3) is 8.19. The van der Waals surface area contributed by atoms with Gasteiger partial charge in [0.15, 0.2) is 0 Å². The van der Waals surface area contributed by atoms with E-state index in [0.717, 1.165) is 11.1 Å². The van der Waals surface area contributed by atoms with Gasteiger partial charge in [0, 0.05) is 12.2 Å². The fourth-order valence-corrected chi connectivity index (χ4v) is 3.69. The predicted molar refractivity (Wildman–Crippen MR) is 125 cm³/mol. The van der Waals surface area contributed by atoms with Gasteiger partial charge >= 0.3 is 0 Å². The Morgan fingerprint density at radius 1 is 0.839 bits per heavy atom. The Balaban J connectivity index is 2.04. The minimum absolute atomic E-state index is 0.0444. The molecule has 0 aliphatic heterocycles. The van der Waals surface area contributed by atoms with Gasteiger partial charge in [-0.05, 0) is 24.0 Å². The Morgan fingerprint density at radius 2 is 1.39 bits per heavy atom. The van der Waals surface area contributed by atoms with Gasteiger partial charge in [-0.2, -0.15) is 0 Å². The summed E-state index contributed by atoms with van der Waals surface area (Å²) in [5, 5.41) is 5.32. The van der Waals surface area contributed by atoms with E-state index in [1.165, 1.54) is 11.8 Å².